The van der Waals surface area contributed by atoms with Crippen LogP contribution in [0.15, 0.2) is 90.1 Å². The van der Waals surface area contributed by atoms with Crippen LogP contribution in [0, 0.1) is 0 Å². The Bertz CT molecular complexity index is 1180. The molecule has 0 spiro atoms. The standard InChI is InChI=1S/C24H22N4O2S/c29-22(26-27-23(30)19-11-5-2-6-12-19)17-31-24-25-20-13-7-8-14-21(20)28(24)16-15-18-9-3-1-4-10-18/h1-14H,15-17H2,(H,26,29)(H,27,30). The third-order valence-electron chi connectivity index (χ3n) is 4.77. The van der Waals surface area contributed by atoms with E-state index >= 15 is 0 Å². The van der Waals surface area contributed by atoms with Gasteiger partial charge in [0.15, 0.2) is 5.16 Å². The Morgan fingerprint density at radius 1 is 0.839 bits per heavy atom. The van der Waals surface area contributed by atoms with E-state index in [2.05, 4.69) is 27.6 Å². The lowest BCUT2D eigenvalue weighted by Crippen LogP contribution is -2.42. The molecule has 0 unspecified atom stereocenters. The number of fused-ring (bicyclic) bond motifs is 1. The van der Waals surface area contributed by atoms with Crippen LogP contribution in [0.3, 0.4) is 0 Å². The third kappa shape index (κ3) is 5.32. The highest BCUT2D eigenvalue weighted by atomic mass is 32.2. The molecule has 2 amide bonds. The number of nitrogens with one attached hydrogen (secondary N) is 2. The molecule has 1 heterocycles. The fourth-order valence-corrected chi connectivity index (χ4v) is 4.06. The Morgan fingerprint density at radius 2 is 1.52 bits per heavy atom. The largest absolute Gasteiger partial charge is 0.319 e. The maximum Gasteiger partial charge on any atom is 0.269 e. The highest BCUT2D eigenvalue weighted by Crippen LogP contribution is 2.24. The molecule has 4 rings (SSSR count). The Morgan fingerprint density at radius 3 is 2.29 bits per heavy atom. The van der Waals surface area contributed by atoms with E-state index in [9.17, 15) is 9.59 Å². The molecule has 0 saturated heterocycles. The highest BCUT2D eigenvalue weighted by molar-refractivity contribution is 7.99. The maximum absolute atomic E-state index is 12.3. The average molecular weight is 431 g/mol. The number of hydrazine groups is 1. The van der Waals surface area contributed by atoms with Crippen LogP contribution in [0.2, 0.25) is 0 Å². The Hall–Kier alpha value is -3.58. The number of benzene rings is 3. The van der Waals surface area contributed by atoms with Crippen molar-refractivity contribution >= 4 is 34.6 Å². The molecule has 0 aliphatic heterocycles. The normalized spacial score (nSPS) is 10.7. The third-order valence-corrected chi connectivity index (χ3v) is 5.75. The Labute approximate surface area is 184 Å². The Balaban J connectivity index is 1.39. The molecule has 3 aromatic carbocycles. The smallest absolute Gasteiger partial charge is 0.269 e. The molecule has 156 valence electrons. The van der Waals surface area contributed by atoms with Gasteiger partial charge >= 0.3 is 0 Å². The van der Waals surface area contributed by atoms with Crippen LogP contribution in [-0.2, 0) is 17.8 Å². The van der Waals surface area contributed by atoms with Crippen molar-refractivity contribution in [2.75, 3.05) is 5.75 Å². The fraction of sp³-hybridized carbons (Fsp3) is 0.125. The first kappa shape index (κ1) is 20.7. The van der Waals surface area contributed by atoms with Gasteiger partial charge in [0.05, 0.1) is 16.8 Å². The topological polar surface area (TPSA) is 76.0 Å². The molecule has 31 heavy (non-hydrogen) atoms. The number of hydrogen-bond donors (Lipinski definition) is 2. The second kappa shape index (κ2) is 9.95. The van der Waals surface area contributed by atoms with Gasteiger partial charge in [0.25, 0.3) is 5.91 Å². The second-order valence-electron chi connectivity index (χ2n) is 6.93. The van der Waals surface area contributed by atoms with Crippen LogP contribution in [0.1, 0.15) is 15.9 Å². The minimum atomic E-state index is -0.353. The van der Waals surface area contributed by atoms with Crippen molar-refractivity contribution in [3.05, 3.63) is 96.1 Å². The fourth-order valence-electron chi connectivity index (χ4n) is 3.22. The molecule has 0 radical (unpaired) electrons. The van der Waals surface area contributed by atoms with Gasteiger partial charge < -0.3 is 4.57 Å². The number of aromatic nitrogens is 2. The van der Waals surface area contributed by atoms with Crippen molar-refractivity contribution in [3.63, 3.8) is 0 Å². The summed E-state index contributed by atoms with van der Waals surface area (Å²) in [6.45, 7) is 0.763. The number of thioether (sulfide) groups is 1. The van der Waals surface area contributed by atoms with Gasteiger partial charge in [-0.2, -0.15) is 0 Å². The number of aryl methyl sites for hydroxylation is 2. The van der Waals surface area contributed by atoms with Gasteiger partial charge in [0.2, 0.25) is 5.91 Å². The zero-order valence-electron chi connectivity index (χ0n) is 16.8. The quantitative estimate of drug-likeness (QED) is 0.345. The zero-order valence-corrected chi connectivity index (χ0v) is 17.6. The van der Waals surface area contributed by atoms with E-state index in [0.717, 1.165) is 29.2 Å². The minimum Gasteiger partial charge on any atom is -0.319 e. The van der Waals surface area contributed by atoms with Crippen molar-refractivity contribution in [2.45, 2.75) is 18.1 Å². The molecule has 2 N–H and O–H groups in total. The van der Waals surface area contributed by atoms with Crippen molar-refractivity contribution in [2.24, 2.45) is 0 Å². The van der Waals surface area contributed by atoms with E-state index in [1.807, 2.05) is 48.5 Å². The first-order chi connectivity index (χ1) is 15.2. The summed E-state index contributed by atoms with van der Waals surface area (Å²) < 4.78 is 2.14. The number of amides is 2. The van der Waals surface area contributed by atoms with E-state index in [1.165, 1.54) is 17.3 Å². The first-order valence-corrected chi connectivity index (χ1v) is 11.0. The molecule has 0 fully saturated rings. The predicted molar refractivity (Wildman–Crippen MR) is 123 cm³/mol. The number of para-hydroxylation sites is 2. The van der Waals surface area contributed by atoms with Crippen LogP contribution in [0.4, 0.5) is 0 Å². The number of imidazole rings is 1. The lowest BCUT2D eigenvalue weighted by molar-refractivity contribution is -0.119. The number of carbonyl (C=O) groups excluding carboxylic acids is 2. The van der Waals surface area contributed by atoms with Gasteiger partial charge in [-0.15, -0.1) is 0 Å². The average Bonchev–Trinajstić information content (AvgIpc) is 3.18. The molecule has 0 aliphatic rings. The van der Waals surface area contributed by atoms with Gasteiger partial charge in [0, 0.05) is 12.1 Å². The van der Waals surface area contributed by atoms with Gasteiger partial charge in [0.1, 0.15) is 0 Å². The van der Waals surface area contributed by atoms with Crippen LogP contribution >= 0.6 is 11.8 Å². The highest BCUT2D eigenvalue weighted by Gasteiger charge is 2.13. The summed E-state index contributed by atoms with van der Waals surface area (Å²) in [6.07, 6.45) is 0.869. The molecule has 0 bridgehead atoms. The van der Waals surface area contributed by atoms with Crippen LogP contribution in [0.25, 0.3) is 11.0 Å². The summed E-state index contributed by atoms with van der Waals surface area (Å²) >= 11 is 1.35. The zero-order chi connectivity index (χ0) is 21.5. The monoisotopic (exact) mass is 430 g/mol. The number of rotatable bonds is 7. The molecule has 1 aromatic heterocycles. The first-order valence-electron chi connectivity index (χ1n) is 9.97. The summed E-state index contributed by atoms with van der Waals surface area (Å²) in [5, 5.41) is 0.779. The van der Waals surface area contributed by atoms with E-state index in [-0.39, 0.29) is 17.6 Å². The van der Waals surface area contributed by atoms with E-state index < -0.39 is 0 Å². The molecule has 0 saturated carbocycles. The van der Waals surface area contributed by atoms with Crippen molar-refractivity contribution < 1.29 is 9.59 Å². The molecule has 7 heteroatoms. The van der Waals surface area contributed by atoms with Gasteiger partial charge in [-0.3, -0.25) is 20.4 Å². The van der Waals surface area contributed by atoms with E-state index in [1.54, 1.807) is 24.3 Å². The summed E-state index contributed by atoms with van der Waals surface area (Å²) in [6, 6.07) is 27.0. The number of carbonyl (C=O) groups is 2. The van der Waals surface area contributed by atoms with E-state index in [0.29, 0.717) is 5.56 Å². The Kier molecular flexibility index (Phi) is 6.64. The van der Waals surface area contributed by atoms with Crippen molar-refractivity contribution in [1.29, 1.82) is 0 Å². The van der Waals surface area contributed by atoms with Crippen molar-refractivity contribution in [3.8, 4) is 0 Å². The summed E-state index contributed by atoms with van der Waals surface area (Å²) in [4.78, 5) is 29.0. The molecular weight excluding hydrogens is 408 g/mol. The summed E-state index contributed by atoms with van der Waals surface area (Å²) in [5.41, 5.74) is 8.58. The molecular formula is C24H22N4O2S. The van der Waals surface area contributed by atoms with Gasteiger partial charge in [-0.1, -0.05) is 72.4 Å². The lowest BCUT2D eigenvalue weighted by atomic mass is 10.1. The SMILES string of the molecule is O=C(CSc1nc2ccccc2n1CCc1ccccc1)NNC(=O)c1ccccc1. The van der Waals surface area contributed by atoms with Crippen LogP contribution in [0.5, 0.6) is 0 Å². The molecule has 6 nitrogen and oxygen atoms in total. The lowest BCUT2D eigenvalue weighted by Gasteiger charge is -2.10. The van der Waals surface area contributed by atoms with Crippen LogP contribution < -0.4 is 10.9 Å². The molecule has 0 atom stereocenters. The maximum atomic E-state index is 12.3. The molecule has 0 aliphatic carbocycles. The predicted octanol–water partition coefficient (Wildman–Crippen LogP) is 3.83. The van der Waals surface area contributed by atoms with Gasteiger partial charge in [-0.05, 0) is 36.2 Å². The van der Waals surface area contributed by atoms with Gasteiger partial charge in [-0.25, -0.2) is 4.98 Å². The minimum absolute atomic E-state index is 0.143. The number of hydrogen-bond acceptors (Lipinski definition) is 4. The van der Waals surface area contributed by atoms with Crippen molar-refractivity contribution in [1.82, 2.24) is 20.4 Å². The number of nitrogens with zero attached hydrogens (tertiary/aromatic N) is 2. The second-order valence-corrected chi connectivity index (χ2v) is 7.87. The van der Waals surface area contributed by atoms with E-state index in [4.69, 9.17) is 4.98 Å². The summed E-state index contributed by atoms with van der Waals surface area (Å²) in [5.74, 6) is -0.506. The van der Waals surface area contributed by atoms with Crippen LogP contribution in [-0.4, -0.2) is 27.1 Å². The summed E-state index contributed by atoms with van der Waals surface area (Å²) in [7, 11) is 0. The molecule has 4 aromatic rings.